The fourth-order valence-corrected chi connectivity index (χ4v) is 2.59. The third kappa shape index (κ3) is 3.60. The molecular weight excluding hydrogens is 274 g/mol. The molecule has 1 fully saturated rings. The molecule has 1 aliphatic heterocycles. The summed E-state index contributed by atoms with van der Waals surface area (Å²) >= 11 is 0. The third-order valence-electron chi connectivity index (χ3n) is 4.12. The standard InChI is InChI=1S/C14H21N3O4/c1-8-5-6-17(7-11(8)18)12(19)4-3-10-9(2)15-14(21)16-13(10)20/h8,11,18H,3-7H2,1-2H3,(H2,15,16,20,21). The van der Waals surface area contributed by atoms with Gasteiger partial charge in [0.05, 0.1) is 6.10 Å². The zero-order valence-electron chi connectivity index (χ0n) is 12.3. The van der Waals surface area contributed by atoms with Gasteiger partial charge in [0.1, 0.15) is 0 Å². The Bertz CT molecular complexity index is 634. The maximum atomic E-state index is 12.1. The minimum atomic E-state index is -0.541. The van der Waals surface area contributed by atoms with Crippen LogP contribution in [0.15, 0.2) is 9.59 Å². The zero-order chi connectivity index (χ0) is 15.6. The lowest BCUT2D eigenvalue weighted by atomic mass is 9.95. The summed E-state index contributed by atoms with van der Waals surface area (Å²) in [6, 6.07) is 0. The fraction of sp³-hybridized carbons (Fsp3) is 0.643. The molecule has 7 heteroatoms. The number of aliphatic hydroxyl groups is 1. The molecule has 3 N–H and O–H groups in total. The molecule has 2 unspecified atom stereocenters. The molecule has 1 amide bonds. The molecule has 1 aromatic rings. The van der Waals surface area contributed by atoms with Gasteiger partial charge in [0.25, 0.3) is 5.56 Å². The van der Waals surface area contributed by atoms with Crippen molar-refractivity contribution in [3.8, 4) is 0 Å². The first-order valence-corrected chi connectivity index (χ1v) is 7.16. The molecule has 1 aliphatic rings. The Morgan fingerprint density at radius 2 is 2.10 bits per heavy atom. The van der Waals surface area contributed by atoms with Gasteiger partial charge in [-0.15, -0.1) is 0 Å². The number of β-amino-alcohol motifs (C(OH)–C–C–N with tert-alkyl or cyclic N) is 1. The van der Waals surface area contributed by atoms with Gasteiger partial charge in [-0.2, -0.15) is 0 Å². The van der Waals surface area contributed by atoms with Crippen molar-refractivity contribution < 1.29 is 9.90 Å². The monoisotopic (exact) mass is 295 g/mol. The number of hydrogen-bond acceptors (Lipinski definition) is 4. The van der Waals surface area contributed by atoms with Crippen molar-refractivity contribution in [1.82, 2.24) is 14.9 Å². The van der Waals surface area contributed by atoms with Crippen LogP contribution in [0.5, 0.6) is 0 Å². The number of carbonyl (C=O) groups is 1. The number of likely N-dealkylation sites (tertiary alicyclic amines) is 1. The Balaban J connectivity index is 1.99. The molecule has 0 saturated carbocycles. The normalized spacial score (nSPS) is 22.3. The van der Waals surface area contributed by atoms with E-state index in [0.29, 0.717) is 24.3 Å². The van der Waals surface area contributed by atoms with Gasteiger partial charge in [0.15, 0.2) is 0 Å². The van der Waals surface area contributed by atoms with E-state index in [-0.39, 0.29) is 24.7 Å². The summed E-state index contributed by atoms with van der Waals surface area (Å²) in [5.74, 6) is 0.129. The fourth-order valence-electron chi connectivity index (χ4n) is 2.59. The van der Waals surface area contributed by atoms with Crippen LogP contribution in [0, 0.1) is 12.8 Å². The lowest BCUT2D eigenvalue weighted by molar-refractivity contribution is -0.135. The number of H-pyrrole nitrogens is 2. The number of aromatic amines is 2. The second-order valence-electron chi connectivity index (χ2n) is 5.68. The van der Waals surface area contributed by atoms with Crippen LogP contribution in [-0.2, 0) is 11.2 Å². The molecule has 0 aliphatic carbocycles. The molecule has 0 bridgehead atoms. The van der Waals surface area contributed by atoms with Crippen molar-refractivity contribution in [3.05, 3.63) is 32.1 Å². The number of aryl methyl sites for hydroxylation is 1. The Kier molecular flexibility index (Phi) is 4.62. The number of carbonyl (C=O) groups excluding carboxylic acids is 1. The average molecular weight is 295 g/mol. The maximum Gasteiger partial charge on any atom is 0.325 e. The van der Waals surface area contributed by atoms with Crippen molar-refractivity contribution in [3.63, 3.8) is 0 Å². The van der Waals surface area contributed by atoms with E-state index in [1.54, 1.807) is 11.8 Å². The molecule has 116 valence electrons. The van der Waals surface area contributed by atoms with Gasteiger partial charge in [0, 0.05) is 30.8 Å². The van der Waals surface area contributed by atoms with E-state index in [9.17, 15) is 19.5 Å². The van der Waals surface area contributed by atoms with Crippen molar-refractivity contribution >= 4 is 5.91 Å². The summed E-state index contributed by atoms with van der Waals surface area (Å²) < 4.78 is 0. The number of piperidine rings is 1. The molecule has 0 aromatic carbocycles. The highest BCUT2D eigenvalue weighted by atomic mass is 16.3. The second-order valence-corrected chi connectivity index (χ2v) is 5.68. The van der Waals surface area contributed by atoms with E-state index < -0.39 is 17.4 Å². The first-order valence-electron chi connectivity index (χ1n) is 7.16. The highest BCUT2D eigenvalue weighted by Crippen LogP contribution is 2.17. The molecule has 0 radical (unpaired) electrons. The topological polar surface area (TPSA) is 106 Å². The van der Waals surface area contributed by atoms with Crippen molar-refractivity contribution in [2.24, 2.45) is 5.92 Å². The summed E-state index contributed by atoms with van der Waals surface area (Å²) in [5.41, 5.74) is -0.0743. The van der Waals surface area contributed by atoms with Gasteiger partial charge < -0.3 is 15.0 Å². The van der Waals surface area contributed by atoms with Crippen LogP contribution in [0.3, 0.4) is 0 Å². The first kappa shape index (κ1) is 15.5. The quantitative estimate of drug-likeness (QED) is 0.701. The van der Waals surface area contributed by atoms with E-state index in [0.717, 1.165) is 6.42 Å². The van der Waals surface area contributed by atoms with E-state index in [1.807, 2.05) is 6.92 Å². The number of amides is 1. The van der Waals surface area contributed by atoms with Gasteiger partial charge in [-0.1, -0.05) is 6.92 Å². The molecule has 2 atom stereocenters. The Hall–Kier alpha value is -1.89. The molecule has 2 heterocycles. The lowest BCUT2D eigenvalue weighted by Crippen LogP contribution is -2.46. The number of aliphatic hydroxyl groups excluding tert-OH is 1. The van der Waals surface area contributed by atoms with Crippen LogP contribution < -0.4 is 11.2 Å². The molecule has 1 aromatic heterocycles. The second kappa shape index (κ2) is 6.26. The minimum absolute atomic E-state index is 0.0778. The number of nitrogens with zero attached hydrogens (tertiary/aromatic N) is 1. The molecule has 2 rings (SSSR count). The Morgan fingerprint density at radius 1 is 1.38 bits per heavy atom. The first-order chi connectivity index (χ1) is 9.88. The van der Waals surface area contributed by atoms with Gasteiger partial charge in [0.2, 0.25) is 5.91 Å². The van der Waals surface area contributed by atoms with E-state index >= 15 is 0 Å². The predicted octanol–water partition coefficient (Wildman–Crippen LogP) is -0.466. The van der Waals surface area contributed by atoms with Crippen LogP contribution in [0.4, 0.5) is 0 Å². The SMILES string of the molecule is Cc1[nH]c(=O)[nH]c(=O)c1CCC(=O)N1CCC(C)C(O)C1. The summed E-state index contributed by atoms with van der Waals surface area (Å²) in [6.07, 6.45) is 0.766. The summed E-state index contributed by atoms with van der Waals surface area (Å²) in [6.45, 7) is 4.59. The van der Waals surface area contributed by atoms with Crippen molar-refractivity contribution in [2.75, 3.05) is 13.1 Å². The van der Waals surface area contributed by atoms with Crippen LogP contribution in [0.2, 0.25) is 0 Å². The molecule has 21 heavy (non-hydrogen) atoms. The summed E-state index contributed by atoms with van der Waals surface area (Å²) in [5, 5.41) is 9.81. The van der Waals surface area contributed by atoms with Gasteiger partial charge in [-0.05, 0) is 25.7 Å². The zero-order valence-corrected chi connectivity index (χ0v) is 12.3. The molecular formula is C14H21N3O4. The third-order valence-corrected chi connectivity index (χ3v) is 4.12. The number of nitrogens with one attached hydrogen (secondary N) is 2. The Morgan fingerprint density at radius 3 is 2.71 bits per heavy atom. The largest absolute Gasteiger partial charge is 0.391 e. The van der Waals surface area contributed by atoms with E-state index in [4.69, 9.17) is 0 Å². The smallest absolute Gasteiger partial charge is 0.325 e. The Labute approximate surface area is 122 Å². The number of aromatic nitrogens is 2. The van der Waals surface area contributed by atoms with E-state index in [1.165, 1.54) is 0 Å². The summed E-state index contributed by atoms with van der Waals surface area (Å²) in [7, 11) is 0. The highest BCUT2D eigenvalue weighted by molar-refractivity contribution is 5.76. The average Bonchev–Trinajstić information content (AvgIpc) is 2.40. The predicted molar refractivity (Wildman–Crippen MR) is 77.1 cm³/mol. The molecule has 1 saturated heterocycles. The van der Waals surface area contributed by atoms with Gasteiger partial charge in [-0.3, -0.25) is 14.6 Å². The summed E-state index contributed by atoms with van der Waals surface area (Å²) in [4.78, 5) is 41.3. The number of rotatable bonds is 3. The van der Waals surface area contributed by atoms with Crippen LogP contribution in [0.1, 0.15) is 31.0 Å². The maximum absolute atomic E-state index is 12.1. The van der Waals surface area contributed by atoms with Gasteiger partial charge in [-0.25, -0.2) is 4.79 Å². The minimum Gasteiger partial charge on any atom is -0.391 e. The van der Waals surface area contributed by atoms with Gasteiger partial charge >= 0.3 is 5.69 Å². The van der Waals surface area contributed by atoms with Crippen LogP contribution in [0.25, 0.3) is 0 Å². The van der Waals surface area contributed by atoms with E-state index in [2.05, 4.69) is 9.97 Å². The molecule has 0 spiro atoms. The highest BCUT2D eigenvalue weighted by Gasteiger charge is 2.27. The van der Waals surface area contributed by atoms with Crippen molar-refractivity contribution in [2.45, 2.75) is 39.2 Å². The molecule has 7 nitrogen and oxygen atoms in total. The lowest BCUT2D eigenvalue weighted by Gasteiger charge is -2.34. The van der Waals surface area contributed by atoms with Crippen LogP contribution in [-0.4, -0.2) is 45.1 Å². The number of hydrogen-bond donors (Lipinski definition) is 3. The van der Waals surface area contributed by atoms with Crippen LogP contribution >= 0.6 is 0 Å². The van der Waals surface area contributed by atoms with Crippen molar-refractivity contribution in [1.29, 1.82) is 0 Å².